The Morgan fingerprint density at radius 1 is 1.11 bits per heavy atom. The number of hydrogen-bond donors (Lipinski definition) is 0. The van der Waals surface area contributed by atoms with Gasteiger partial charge in [0, 0.05) is 0 Å². The van der Waals surface area contributed by atoms with E-state index in [-0.39, 0.29) is 10.0 Å². The standard InChI is InChI=1S/C14H9BrClFO/c15-11-8-4-7-10(13(11)17)14(18)12(16)9-5-2-1-3-6-9/h1-8,12H. The fourth-order valence-corrected chi connectivity index (χ4v) is 2.23. The summed E-state index contributed by atoms with van der Waals surface area (Å²) in [7, 11) is 0. The molecule has 0 aliphatic heterocycles. The molecule has 0 heterocycles. The van der Waals surface area contributed by atoms with Crippen LogP contribution in [0, 0.1) is 5.82 Å². The molecule has 0 bridgehead atoms. The first kappa shape index (κ1) is 13.2. The molecule has 92 valence electrons. The van der Waals surface area contributed by atoms with E-state index in [0.717, 1.165) is 0 Å². The minimum absolute atomic E-state index is 0.00627. The van der Waals surface area contributed by atoms with Gasteiger partial charge in [0.25, 0.3) is 0 Å². The fraction of sp³-hybridized carbons (Fsp3) is 0.0714. The second kappa shape index (κ2) is 5.63. The minimum atomic E-state index is -0.880. The predicted octanol–water partition coefficient (Wildman–Crippen LogP) is 4.75. The van der Waals surface area contributed by atoms with Crippen LogP contribution in [0.5, 0.6) is 0 Å². The topological polar surface area (TPSA) is 17.1 Å². The van der Waals surface area contributed by atoms with Crippen LogP contribution in [0.4, 0.5) is 4.39 Å². The van der Waals surface area contributed by atoms with Crippen LogP contribution in [0.1, 0.15) is 21.3 Å². The van der Waals surface area contributed by atoms with Gasteiger partial charge in [-0.2, -0.15) is 0 Å². The molecule has 0 amide bonds. The fourth-order valence-electron chi connectivity index (χ4n) is 1.60. The molecule has 2 rings (SSSR count). The molecular formula is C14H9BrClFO. The van der Waals surface area contributed by atoms with Crippen molar-refractivity contribution in [2.45, 2.75) is 5.38 Å². The lowest BCUT2D eigenvalue weighted by Gasteiger charge is -2.10. The highest BCUT2D eigenvalue weighted by Gasteiger charge is 2.22. The van der Waals surface area contributed by atoms with Crippen molar-refractivity contribution >= 4 is 33.3 Å². The van der Waals surface area contributed by atoms with Crippen LogP contribution in [0.2, 0.25) is 0 Å². The second-order valence-electron chi connectivity index (χ2n) is 3.74. The second-order valence-corrected chi connectivity index (χ2v) is 5.03. The molecule has 0 N–H and O–H groups in total. The molecule has 0 radical (unpaired) electrons. The summed E-state index contributed by atoms with van der Waals surface area (Å²) < 4.78 is 14.1. The van der Waals surface area contributed by atoms with Crippen molar-refractivity contribution in [2.24, 2.45) is 0 Å². The van der Waals surface area contributed by atoms with E-state index < -0.39 is 17.0 Å². The average molecular weight is 328 g/mol. The van der Waals surface area contributed by atoms with Crippen molar-refractivity contribution in [1.82, 2.24) is 0 Å². The normalized spacial score (nSPS) is 12.2. The van der Waals surface area contributed by atoms with Crippen molar-refractivity contribution in [1.29, 1.82) is 0 Å². The van der Waals surface area contributed by atoms with E-state index in [0.29, 0.717) is 5.56 Å². The molecule has 0 fully saturated rings. The summed E-state index contributed by atoms with van der Waals surface area (Å²) in [6.07, 6.45) is 0. The Morgan fingerprint density at radius 2 is 1.78 bits per heavy atom. The molecule has 1 nitrogen and oxygen atoms in total. The van der Waals surface area contributed by atoms with E-state index in [1.807, 2.05) is 6.07 Å². The van der Waals surface area contributed by atoms with E-state index in [4.69, 9.17) is 11.6 Å². The Bertz CT molecular complexity index is 571. The Morgan fingerprint density at radius 3 is 2.44 bits per heavy atom. The number of rotatable bonds is 3. The van der Waals surface area contributed by atoms with Crippen molar-refractivity contribution in [2.75, 3.05) is 0 Å². The van der Waals surface area contributed by atoms with E-state index in [1.54, 1.807) is 30.3 Å². The first-order valence-electron chi connectivity index (χ1n) is 5.28. The number of alkyl halides is 1. The van der Waals surface area contributed by atoms with Gasteiger partial charge in [-0.3, -0.25) is 4.79 Å². The third kappa shape index (κ3) is 2.62. The summed E-state index contributed by atoms with van der Waals surface area (Å²) in [5.74, 6) is -1.02. The molecule has 0 saturated heterocycles. The molecule has 0 spiro atoms. The number of halogens is 3. The van der Waals surface area contributed by atoms with Crippen molar-refractivity contribution in [3.63, 3.8) is 0 Å². The lowest BCUT2D eigenvalue weighted by atomic mass is 10.0. The van der Waals surface area contributed by atoms with Crippen LogP contribution in [0.15, 0.2) is 53.0 Å². The third-order valence-corrected chi connectivity index (χ3v) is 3.60. The molecule has 2 aromatic rings. The molecule has 1 unspecified atom stereocenters. The smallest absolute Gasteiger partial charge is 0.188 e. The van der Waals surface area contributed by atoms with Gasteiger partial charge in [-0.25, -0.2) is 4.39 Å². The highest BCUT2D eigenvalue weighted by atomic mass is 79.9. The van der Waals surface area contributed by atoms with E-state index >= 15 is 0 Å². The maximum Gasteiger partial charge on any atom is 0.188 e. The molecule has 1 atom stereocenters. The Kier molecular flexibility index (Phi) is 4.15. The summed E-state index contributed by atoms with van der Waals surface area (Å²) in [6.45, 7) is 0. The number of ketones is 1. The number of carbonyl (C=O) groups excluding carboxylic acids is 1. The summed E-state index contributed by atoms with van der Waals surface area (Å²) >= 11 is 9.13. The van der Waals surface area contributed by atoms with Gasteiger partial charge in [0.05, 0.1) is 10.0 Å². The van der Waals surface area contributed by atoms with E-state index in [1.165, 1.54) is 12.1 Å². The average Bonchev–Trinajstić information content (AvgIpc) is 2.41. The van der Waals surface area contributed by atoms with Crippen molar-refractivity contribution in [3.05, 3.63) is 69.9 Å². The SMILES string of the molecule is O=C(c1cccc(Br)c1F)C(Cl)c1ccccc1. The van der Waals surface area contributed by atoms with Crippen LogP contribution in [-0.2, 0) is 0 Å². The van der Waals surface area contributed by atoms with Gasteiger partial charge in [0.15, 0.2) is 5.78 Å². The van der Waals surface area contributed by atoms with E-state index in [2.05, 4.69) is 15.9 Å². The molecule has 0 aromatic heterocycles. The Labute approximate surface area is 118 Å². The first-order chi connectivity index (χ1) is 8.61. The van der Waals surface area contributed by atoms with Gasteiger partial charge in [0.1, 0.15) is 11.2 Å². The third-order valence-electron chi connectivity index (χ3n) is 2.54. The van der Waals surface area contributed by atoms with Gasteiger partial charge < -0.3 is 0 Å². The van der Waals surface area contributed by atoms with Gasteiger partial charge in [-0.05, 0) is 33.6 Å². The molecular weight excluding hydrogens is 319 g/mol. The zero-order valence-corrected chi connectivity index (χ0v) is 11.6. The predicted molar refractivity (Wildman–Crippen MR) is 73.5 cm³/mol. The highest BCUT2D eigenvalue weighted by Crippen LogP contribution is 2.28. The molecule has 0 aliphatic carbocycles. The number of Topliss-reactive ketones (excluding diaryl/α,β-unsaturated/α-hetero) is 1. The lowest BCUT2D eigenvalue weighted by molar-refractivity contribution is 0.0983. The molecule has 4 heteroatoms. The van der Waals surface area contributed by atoms with Crippen LogP contribution in [0.25, 0.3) is 0 Å². The number of hydrogen-bond acceptors (Lipinski definition) is 1. The van der Waals surface area contributed by atoms with Crippen LogP contribution in [-0.4, -0.2) is 5.78 Å². The van der Waals surface area contributed by atoms with Crippen molar-refractivity contribution in [3.8, 4) is 0 Å². The highest BCUT2D eigenvalue weighted by molar-refractivity contribution is 9.10. The quantitative estimate of drug-likeness (QED) is 0.587. The monoisotopic (exact) mass is 326 g/mol. The Balaban J connectivity index is 2.35. The molecule has 0 saturated carbocycles. The van der Waals surface area contributed by atoms with Gasteiger partial charge in [-0.1, -0.05) is 36.4 Å². The molecule has 18 heavy (non-hydrogen) atoms. The van der Waals surface area contributed by atoms with Crippen LogP contribution < -0.4 is 0 Å². The maximum atomic E-state index is 13.8. The van der Waals surface area contributed by atoms with Gasteiger partial charge in [0.2, 0.25) is 0 Å². The van der Waals surface area contributed by atoms with Gasteiger partial charge in [-0.15, -0.1) is 11.6 Å². The summed E-state index contributed by atoms with van der Waals surface area (Å²) in [5.41, 5.74) is 0.650. The number of carbonyl (C=O) groups is 1. The van der Waals surface area contributed by atoms with E-state index in [9.17, 15) is 9.18 Å². The largest absolute Gasteiger partial charge is 0.292 e. The summed E-state index contributed by atoms with van der Waals surface area (Å²) in [6, 6.07) is 13.5. The maximum absolute atomic E-state index is 13.8. The minimum Gasteiger partial charge on any atom is -0.292 e. The first-order valence-corrected chi connectivity index (χ1v) is 6.51. The van der Waals surface area contributed by atoms with Crippen LogP contribution >= 0.6 is 27.5 Å². The zero-order chi connectivity index (χ0) is 13.1. The molecule has 0 aliphatic rings. The Hall–Kier alpha value is -1.19. The van der Waals surface area contributed by atoms with Crippen molar-refractivity contribution < 1.29 is 9.18 Å². The van der Waals surface area contributed by atoms with Crippen LogP contribution in [0.3, 0.4) is 0 Å². The zero-order valence-electron chi connectivity index (χ0n) is 9.24. The summed E-state index contributed by atoms with van der Waals surface area (Å²) in [5, 5.41) is -0.880. The number of benzene rings is 2. The lowest BCUT2D eigenvalue weighted by Crippen LogP contribution is -2.09. The van der Waals surface area contributed by atoms with Gasteiger partial charge >= 0.3 is 0 Å². The molecule has 2 aromatic carbocycles. The summed E-state index contributed by atoms with van der Waals surface area (Å²) in [4.78, 5) is 12.1.